The van der Waals surface area contributed by atoms with Crippen LogP contribution >= 0.6 is 0 Å². The van der Waals surface area contributed by atoms with E-state index in [1.807, 2.05) is 18.2 Å². The summed E-state index contributed by atoms with van der Waals surface area (Å²) in [4.78, 5) is 13.5. The molecule has 206 valence electrons. The van der Waals surface area contributed by atoms with E-state index in [2.05, 4.69) is 44.2 Å². The standard InChI is InChI=1S/C23H25N7OS.C2HF3O2/c1-32(31)14-16-9-19(6-7-20(16)15-3-2-8-25-12-15)27-21-10-22(28-18-4-5-18)30-23(29-21)17(11-24)13-26-30;3-2(4,5)1(6)7/h3,6-7,9-10,13,18,25,28H,2,4-5,8,12,14H2,1H3,(H,27,29);(H,6,7). The van der Waals surface area contributed by atoms with Crippen LogP contribution in [-0.2, 0) is 21.3 Å². The van der Waals surface area contributed by atoms with Crippen molar-refractivity contribution in [3.63, 3.8) is 0 Å². The minimum atomic E-state index is -5.08. The van der Waals surface area contributed by atoms with Crippen LogP contribution in [0.5, 0.6) is 0 Å². The fourth-order valence-electron chi connectivity index (χ4n) is 3.97. The topological polar surface area (TPSA) is 144 Å². The molecule has 0 saturated heterocycles. The van der Waals surface area contributed by atoms with E-state index in [-0.39, 0.29) is 0 Å². The molecule has 2 aromatic heterocycles. The Balaban J connectivity index is 0.000000448. The number of alkyl halides is 3. The molecule has 0 bridgehead atoms. The zero-order valence-corrected chi connectivity index (χ0v) is 21.7. The van der Waals surface area contributed by atoms with Crippen LogP contribution in [0.25, 0.3) is 11.2 Å². The van der Waals surface area contributed by atoms with Crippen LogP contribution in [0, 0.1) is 11.3 Å². The third-order valence-corrected chi connectivity index (χ3v) is 6.59. The van der Waals surface area contributed by atoms with Gasteiger partial charge in [0.25, 0.3) is 0 Å². The average Bonchev–Trinajstić information content (AvgIpc) is 3.60. The summed E-state index contributed by atoms with van der Waals surface area (Å²) in [5.41, 5.74) is 5.25. The Hall–Kier alpha value is -3.96. The Bertz CT molecular complexity index is 1480. The molecular weight excluding hydrogens is 535 g/mol. The average molecular weight is 562 g/mol. The molecule has 14 heteroatoms. The highest BCUT2D eigenvalue weighted by Gasteiger charge is 2.38. The largest absolute Gasteiger partial charge is 0.490 e. The van der Waals surface area contributed by atoms with Gasteiger partial charge in [0.15, 0.2) is 5.65 Å². The quantitative estimate of drug-likeness (QED) is 0.338. The SMILES string of the molecule is CS(=O)Cc1cc(Nc2cc(NC3CC3)n3ncc(C#N)c3n2)ccc1C1=CCCNC1.O=C(O)C(F)(F)F. The summed E-state index contributed by atoms with van der Waals surface area (Å²) in [5, 5.41) is 31.1. The Morgan fingerprint density at radius 3 is 2.67 bits per heavy atom. The van der Waals surface area contributed by atoms with Crippen LogP contribution in [0.2, 0.25) is 0 Å². The maximum absolute atomic E-state index is 12.1. The van der Waals surface area contributed by atoms with Crippen LogP contribution in [0.4, 0.5) is 30.5 Å². The van der Waals surface area contributed by atoms with Gasteiger partial charge in [0, 0.05) is 47.1 Å². The number of nitrogens with zero attached hydrogens (tertiary/aromatic N) is 4. The normalized spacial score (nSPS) is 15.9. The number of halogens is 3. The molecule has 0 spiro atoms. The molecule has 1 aliphatic carbocycles. The van der Waals surface area contributed by atoms with Gasteiger partial charge in [-0.1, -0.05) is 12.1 Å². The second kappa shape index (κ2) is 11.8. The van der Waals surface area contributed by atoms with Crippen molar-refractivity contribution >= 4 is 45.3 Å². The maximum atomic E-state index is 12.1. The molecule has 1 saturated carbocycles. The zero-order chi connectivity index (χ0) is 28.2. The number of aromatic nitrogens is 3. The number of fused-ring (bicyclic) bond motifs is 1. The summed E-state index contributed by atoms with van der Waals surface area (Å²) >= 11 is 0. The first kappa shape index (κ1) is 28.1. The predicted octanol–water partition coefficient (Wildman–Crippen LogP) is 3.81. The van der Waals surface area contributed by atoms with Crippen molar-refractivity contribution in [2.75, 3.05) is 30.0 Å². The summed E-state index contributed by atoms with van der Waals surface area (Å²) in [5.74, 6) is -0.823. The molecule has 1 fully saturated rings. The minimum Gasteiger partial charge on any atom is -0.475 e. The second-order valence-corrected chi connectivity index (χ2v) is 10.5. The summed E-state index contributed by atoms with van der Waals surface area (Å²) in [6.07, 6.45) is 3.70. The van der Waals surface area contributed by atoms with E-state index in [0.717, 1.165) is 55.0 Å². The summed E-state index contributed by atoms with van der Waals surface area (Å²) in [6, 6.07) is 10.7. The van der Waals surface area contributed by atoms with Crippen molar-refractivity contribution < 1.29 is 27.3 Å². The monoisotopic (exact) mass is 561 g/mol. The number of hydrogen-bond acceptors (Lipinski definition) is 8. The number of aliphatic carboxylic acids is 1. The van der Waals surface area contributed by atoms with Gasteiger partial charge in [-0.25, -0.2) is 9.78 Å². The highest BCUT2D eigenvalue weighted by molar-refractivity contribution is 7.83. The molecule has 3 aromatic rings. The number of anilines is 3. The lowest BCUT2D eigenvalue weighted by Crippen LogP contribution is -2.22. The number of benzene rings is 1. The molecule has 0 radical (unpaired) electrons. The highest BCUT2D eigenvalue weighted by atomic mass is 32.2. The van der Waals surface area contributed by atoms with Crippen LogP contribution in [-0.4, -0.2) is 61.4 Å². The second-order valence-electron chi connectivity index (χ2n) is 9.06. The molecule has 39 heavy (non-hydrogen) atoms. The molecule has 2 aliphatic rings. The van der Waals surface area contributed by atoms with Crippen molar-refractivity contribution in [3.05, 3.63) is 53.2 Å². The van der Waals surface area contributed by atoms with Gasteiger partial charge in [0.2, 0.25) is 0 Å². The molecular formula is C25H26F3N7O3S. The van der Waals surface area contributed by atoms with Gasteiger partial charge in [-0.2, -0.15) is 28.0 Å². The van der Waals surface area contributed by atoms with Gasteiger partial charge < -0.3 is 21.1 Å². The summed E-state index contributed by atoms with van der Waals surface area (Å²) < 4.78 is 45.5. The lowest BCUT2D eigenvalue weighted by atomic mass is 9.97. The van der Waals surface area contributed by atoms with E-state index in [0.29, 0.717) is 28.8 Å². The maximum Gasteiger partial charge on any atom is 0.490 e. The third-order valence-electron chi connectivity index (χ3n) is 5.87. The summed E-state index contributed by atoms with van der Waals surface area (Å²) in [6.45, 7) is 1.81. The molecule has 1 unspecified atom stereocenters. The number of nitrogens with one attached hydrogen (secondary N) is 3. The highest BCUT2D eigenvalue weighted by Crippen LogP contribution is 2.30. The lowest BCUT2D eigenvalue weighted by Gasteiger charge is -2.19. The Labute approximate surface area is 224 Å². The minimum absolute atomic E-state index is 0.432. The molecule has 1 aliphatic heterocycles. The van der Waals surface area contributed by atoms with Crippen molar-refractivity contribution in [2.24, 2.45) is 0 Å². The van der Waals surface area contributed by atoms with Crippen molar-refractivity contribution in [2.45, 2.75) is 37.2 Å². The Morgan fingerprint density at radius 2 is 2.08 bits per heavy atom. The van der Waals surface area contributed by atoms with Crippen LogP contribution in [0.15, 0.2) is 36.5 Å². The van der Waals surface area contributed by atoms with E-state index in [1.54, 1.807) is 17.0 Å². The van der Waals surface area contributed by atoms with Crippen molar-refractivity contribution in [1.82, 2.24) is 19.9 Å². The third kappa shape index (κ3) is 7.33. The molecule has 4 N–H and O–H groups in total. The van der Waals surface area contributed by atoms with Crippen molar-refractivity contribution in [3.8, 4) is 6.07 Å². The van der Waals surface area contributed by atoms with Gasteiger partial charge in [-0.05, 0) is 54.6 Å². The molecule has 10 nitrogen and oxygen atoms in total. The Kier molecular flexibility index (Phi) is 8.51. The molecule has 1 atom stereocenters. The van der Waals surface area contributed by atoms with Gasteiger partial charge in [-0.15, -0.1) is 0 Å². The Morgan fingerprint density at radius 1 is 1.33 bits per heavy atom. The number of carboxylic acid groups (broad SMARTS) is 1. The first-order chi connectivity index (χ1) is 18.5. The zero-order valence-electron chi connectivity index (χ0n) is 20.9. The number of rotatable bonds is 7. The van der Waals surface area contributed by atoms with Crippen LogP contribution in [0.3, 0.4) is 0 Å². The first-order valence-corrected chi connectivity index (χ1v) is 13.7. The number of carbonyl (C=O) groups is 1. The molecule has 1 aromatic carbocycles. The van der Waals surface area contributed by atoms with Crippen molar-refractivity contribution in [1.29, 1.82) is 5.26 Å². The summed E-state index contributed by atoms with van der Waals surface area (Å²) in [7, 11) is -0.956. The van der Waals surface area contributed by atoms with Gasteiger partial charge >= 0.3 is 12.1 Å². The number of hydrogen-bond donors (Lipinski definition) is 4. The van der Waals surface area contributed by atoms with Gasteiger partial charge in [-0.3, -0.25) is 4.21 Å². The number of carboxylic acids is 1. The van der Waals surface area contributed by atoms with E-state index < -0.39 is 22.9 Å². The van der Waals surface area contributed by atoms with Crippen LogP contribution in [0.1, 0.15) is 36.0 Å². The smallest absolute Gasteiger partial charge is 0.475 e. The van der Waals surface area contributed by atoms with E-state index in [1.165, 1.54) is 5.57 Å². The molecule has 3 heterocycles. The first-order valence-electron chi connectivity index (χ1n) is 12.0. The molecule has 5 rings (SSSR count). The molecule has 0 amide bonds. The van der Waals surface area contributed by atoms with Gasteiger partial charge in [0.1, 0.15) is 23.3 Å². The fraction of sp³-hybridized carbons (Fsp3) is 0.360. The van der Waals surface area contributed by atoms with E-state index >= 15 is 0 Å². The van der Waals surface area contributed by atoms with Gasteiger partial charge in [0.05, 0.1) is 6.20 Å². The van der Waals surface area contributed by atoms with E-state index in [4.69, 9.17) is 9.90 Å². The van der Waals surface area contributed by atoms with E-state index in [9.17, 15) is 22.6 Å². The van der Waals surface area contributed by atoms with Crippen LogP contribution < -0.4 is 16.0 Å². The number of nitriles is 1. The fourth-order valence-corrected chi connectivity index (χ4v) is 4.64. The predicted molar refractivity (Wildman–Crippen MR) is 141 cm³/mol. The lowest BCUT2D eigenvalue weighted by molar-refractivity contribution is -0.192.